The average Bonchev–Trinajstić information content (AvgIpc) is 0.837. The molecule has 604 valence electrons. The molecule has 7 aromatic carbocycles. The zero-order valence-corrected chi connectivity index (χ0v) is 68.7. The summed E-state index contributed by atoms with van der Waals surface area (Å²) in [6.45, 7) is 13.5. The van der Waals surface area contributed by atoms with E-state index < -0.39 is 5.97 Å². The minimum atomic E-state index is -0.518. The molecular weight excluding hydrogens is 1370 g/mol. The van der Waals surface area contributed by atoms with Gasteiger partial charge in [0.05, 0.1) is 39.1 Å². The standard InChI is InChI=1S/C98H140O12/c1-6-10-14-18-22-26-30-34-38-42-66-101-88-56-46-81(47-57-88)75-107-94-64-54-85(70-96(94)109-77-83-50-60-90(61-51-83)103-68-44-40-36-32-28-24-20-16-12-8-3)79-105-92-72-87(98(99)100-5)73-93(74-92)106-80-86-55-65-95(108-76-82-48-58-89(59-49-82)102-67-43-39-35-31-27-23-19-15-11-7-2)97(71-86)110-78-84-52-62-91(63-53-84)104-69-45-41-37-33-29-25-21-17-13-9-4/h46-65,70-74H,6-45,66-69,75-80H2,1-5H3. The predicted molar refractivity (Wildman–Crippen MR) is 452 cm³/mol. The maximum absolute atomic E-state index is 13.3. The van der Waals surface area contributed by atoms with E-state index in [1.165, 1.54) is 238 Å². The van der Waals surface area contributed by atoms with Crippen LogP contribution in [0.15, 0.2) is 152 Å². The molecule has 0 aromatic heterocycles. The molecule has 0 aliphatic heterocycles. The summed E-state index contributed by atoms with van der Waals surface area (Å²) in [6, 6.07) is 49.5. The number of unbranched alkanes of at least 4 members (excludes halogenated alkanes) is 36. The lowest BCUT2D eigenvalue weighted by Crippen LogP contribution is -2.05. The molecule has 7 rings (SSSR count). The van der Waals surface area contributed by atoms with E-state index in [1.54, 1.807) is 18.2 Å². The normalized spacial score (nSPS) is 11.2. The lowest BCUT2D eigenvalue weighted by molar-refractivity contribution is 0.0599. The Hall–Kier alpha value is -7.99. The van der Waals surface area contributed by atoms with E-state index in [0.29, 0.717) is 87.4 Å². The average molecular weight is 1510 g/mol. The van der Waals surface area contributed by atoms with Crippen LogP contribution >= 0.6 is 0 Å². The minimum absolute atomic E-state index is 0.154. The fourth-order valence-corrected chi connectivity index (χ4v) is 13.5. The highest BCUT2D eigenvalue weighted by molar-refractivity contribution is 5.90. The molecule has 0 aliphatic rings. The monoisotopic (exact) mass is 1510 g/mol. The Balaban J connectivity index is 0.973. The summed E-state index contributed by atoms with van der Waals surface area (Å²) >= 11 is 0. The third kappa shape index (κ3) is 39.3. The number of hydrogen-bond donors (Lipinski definition) is 0. The molecule has 7 aromatic rings. The van der Waals surface area contributed by atoms with Gasteiger partial charge in [0.1, 0.15) is 74.1 Å². The molecule has 0 bridgehead atoms. The Morgan fingerprint density at radius 2 is 0.427 bits per heavy atom. The summed E-state index contributed by atoms with van der Waals surface area (Å²) in [7, 11) is 1.37. The van der Waals surface area contributed by atoms with E-state index in [-0.39, 0.29) is 18.8 Å². The fourth-order valence-electron chi connectivity index (χ4n) is 13.5. The summed E-state index contributed by atoms with van der Waals surface area (Å²) in [5, 5.41) is 0. The van der Waals surface area contributed by atoms with Crippen LogP contribution in [-0.2, 0) is 44.4 Å². The van der Waals surface area contributed by atoms with Crippen molar-refractivity contribution in [2.75, 3.05) is 33.5 Å². The largest absolute Gasteiger partial charge is 0.494 e. The van der Waals surface area contributed by atoms with Crippen molar-refractivity contribution in [1.29, 1.82) is 0 Å². The van der Waals surface area contributed by atoms with Gasteiger partial charge in [-0.2, -0.15) is 0 Å². The first-order valence-corrected chi connectivity index (χ1v) is 43.4. The van der Waals surface area contributed by atoms with Gasteiger partial charge in [-0.25, -0.2) is 4.79 Å². The predicted octanol–water partition coefficient (Wildman–Crippen LogP) is 28.1. The van der Waals surface area contributed by atoms with Gasteiger partial charge >= 0.3 is 5.97 Å². The maximum Gasteiger partial charge on any atom is 0.338 e. The molecule has 0 unspecified atom stereocenters. The molecule has 110 heavy (non-hydrogen) atoms. The second kappa shape index (κ2) is 58.0. The molecular formula is C98H140O12. The Kier molecular flexibility index (Phi) is 47.0. The molecule has 0 fully saturated rings. The Morgan fingerprint density at radius 1 is 0.209 bits per heavy atom. The van der Waals surface area contributed by atoms with Gasteiger partial charge in [-0.05, 0) is 144 Å². The Morgan fingerprint density at radius 3 is 0.673 bits per heavy atom. The van der Waals surface area contributed by atoms with Crippen molar-refractivity contribution in [3.8, 4) is 57.5 Å². The zero-order valence-electron chi connectivity index (χ0n) is 68.7. The van der Waals surface area contributed by atoms with Gasteiger partial charge in [-0.3, -0.25) is 0 Å². The second-order valence-electron chi connectivity index (χ2n) is 30.2. The fraction of sp³-hybridized carbons (Fsp3) is 0.561. The number of esters is 1. The first-order valence-electron chi connectivity index (χ1n) is 43.4. The van der Waals surface area contributed by atoms with Crippen LogP contribution in [0.3, 0.4) is 0 Å². The lowest BCUT2D eigenvalue weighted by Gasteiger charge is -2.16. The quantitative estimate of drug-likeness (QED) is 0.0267. The number of benzene rings is 7. The van der Waals surface area contributed by atoms with Crippen LogP contribution in [0.1, 0.15) is 328 Å². The Labute approximate surface area is 665 Å². The molecule has 12 heteroatoms. The van der Waals surface area contributed by atoms with Crippen LogP contribution < -0.4 is 47.4 Å². The van der Waals surface area contributed by atoms with E-state index in [0.717, 1.165) is 82.1 Å². The summed E-state index contributed by atoms with van der Waals surface area (Å²) < 4.78 is 69.1. The molecule has 0 heterocycles. The van der Waals surface area contributed by atoms with E-state index in [9.17, 15) is 4.79 Å². The van der Waals surface area contributed by atoms with Crippen LogP contribution in [-0.4, -0.2) is 39.5 Å². The molecule has 0 amide bonds. The van der Waals surface area contributed by atoms with Crippen molar-refractivity contribution >= 4 is 5.97 Å². The van der Waals surface area contributed by atoms with Gasteiger partial charge < -0.3 is 52.1 Å². The number of methoxy groups -OCH3 is 1. The molecule has 0 radical (unpaired) electrons. The summed E-state index contributed by atoms with van der Waals surface area (Å²) in [4.78, 5) is 13.3. The van der Waals surface area contributed by atoms with Crippen molar-refractivity contribution in [2.45, 2.75) is 324 Å². The number of carbonyl (C=O) groups excluding carboxylic acids is 1. The van der Waals surface area contributed by atoms with E-state index in [1.807, 2.05) is 84.9 Å². The van der Waals surface area contributed by atoms with Crippen molar-refractivity contribution < 1.29 is 56.9 Å². The molecule has 0 saturated carbocycles. The molecule has 0 saturated heterocycles. The van der Waals surface area contributed by atoms with Crippen molar-refractivity contribution in [1.82, 2.24) is 0 Å². The number of ether oxygens (including phenoxy) is 11. The third-order valence-corrected chi connectivity index (χ3v) is 20.5. The van der Waals surface area contributed by atoms with E-state index in [2.05, 4.69) is 76.2 Å². The first-order chi connectivity index (χ1) is 54.3. The first kappa shape index (κ1) is 89.2. The van der Waals surface area contributed by atoms with Gasteiger partial charge in [-0.1, -0.05) is 320 Å². The molecule has 0 aliphatic carbocycles. The summed E-state index contributed by atoms with van der Waals surface area (Å²) in [5.41, 5.74) is 5.96. The molecule has 12 nitrogen and oxygen atoms in total. The highest BCUT2D eigenvalue weighted by Gasteiger charge is 2.16. The molecule has 0 N–H and O–H groups in total. The van der Waals surface area contributed by atoms with Crippen molar-refractivity contribution in [3.05, 3.63) is 191 Å². The topological polar surface area (TPSA) is 119 Å². The summed E-state index contributed by atoms with van der Waals surface area (Å²) in [5.74, 6) is 6.11. The SMILES string of the molecule is CCCCCCCCCCCCOc1ccc(COc2ccc(COc3cc(OCc4ccc(OCc5ccc(OCCCCCCCCCCCC)cc5)c(OCc5ccc(OCCCCCCCCCCCC)cc5)c4)cc(C(=O)OC)c3)cc2OCc2ccc(OCCCCCCCCCCCC)cc2)cc1. The van der Waals surface area contributed by atoms with Gasteiger partial charge in [0.15, 0.2) is 23.0 Å². The van der Waals surface area contributed by atoms with E-state index >= 15 is 0 Å². The van der Waals surface area contributed by atoms with Gasteiger partial charge in [0.2, 0.25) is 0 Å². The van der Waals surface area contributed by atoms with Gasteiger partial charge in [-0.15, -0.1) is 0 Å². The Bertz CT molecular complexity index is 3220. The minimum Gasteiger partial charge on any atom is -0.494 e. The maximum atomic E-state index is 13.3. The van der Waals surface area contributed by atoms with Crippen molar-refractivity contribution in [3.63, 3.8) is 0 Å². The van der Waals surface area contributed by atoms with Crippen LogP contribution in [0.4, 0.5) is 0 Å². The molecule has 0 spiro atoms. The smallest absolute Gasteiger partial charge is 0.338 e. The number of carbonyl (C=O) groups is 1. The number of rotatable bonds is 67. The third-order valence-electron chi connectivity index (χ3n) is 20.5. The summed E-state index contributed by atoms with van der Waals surface area (Å²) in [6.07, 6.45) is 51.6. The van der Waals surface area contributed by atoms with Crippen molar-refractivity contribution in [2.24, 2.45) is 0 Å². The van der Waals surface area contributed by atoms with Gasteiger partial charge in [0.25, 0.3) is 0 Å². The highest BCUT2D eigenvalue weighted by atomic mass is 16.5. The van der Waals surface area contributed by atoms with Gasteiger partial charge in [0, 0.05) is 6.07 Å². The number of hydrogen-bond acceptors (Lipinski definition) is 12. The zero-order chi connectivity index (χ0) is 77.2. The lowest BCUT2D eigenvalue weighted by atomic mass is 10.1. The highest BCUT2D eigenvalue weighted by Crippen LogP contribution is 2.35. The second-order valence-corrected chi connectivity index (χ2v) is 30.2. The van der Waals surface area contributed by atoms with Crippen LogP contribution in [0.25, 0.3) is 0 Å². The van der Waals surface area contributed by atoms with Crippen LogP contribution in [0, 0.1) is 0 Å². The van der Waals surface area contributed by atoms with E-state index in [4.69, 9.17) is 52.1 Å². The van der Waals surface area contributed by atoms with Crippen LogP contribution in [0.5, 0.6) is 57.5 Å². The molecule has 0 atom stereocenters. The van der Waals surface area contributed by atoms with Crippen LogP contribution in [0.2, 0.25) is 0 Å².